The zero-order valence-electron chi connectivity index (χ0n) is 22.5. The first-order valence-corrected chi connectivity index (χ1v) is 13.0. The standard InChI is InChI=1S/C27H32ClN3O9/c1-8(2)6-12(32)30-18-11(28)7-10-9(3)13-15(20(33)14(10)22(18)35)24(37)27(40)17(21(13)34)19(31(4)5)23(36)16(25(27)38)26(29)39/h7-9,13,17,19,21,33-35,38,40H,6H2,1-5H3,(H2,29,39)(H,30,32)/t9-,13+,17+,19-,21-,27-/m1/s1. The van der Waals surface area contributed by atoms with Crippen molar-refractivity contribution in [2.45, 2.75) is 50.9 Å². The molecule has 3 aliphatic carbocycles. The van der Waals surface area contributed by atoms with Gasteiger partial charge in [-0.25, -0.2) is 0 Å². The van der Waals surface area contributed by atoms with Crippen molar-refractivity contribution in [3.8, 4) is 5.75 Å². The molecule has 0 aliphatic heterocycles. The normalized spacial score (nSPS) is 29.9. The number of fused-ring (bicyclic) bond motifs is 3. The van der Waals surface area contributed by atoms with Crippen molar-refractivity contribution in [1.82, 2.24) is 4.90 Å². The molecule has 4 rings (SSSR count). The Bertz CT molecular complexity index is 1420. The SMILES string of the molecule is CC(C)CC(=O)Nc1c(Cl)cc2c(c1O)C(O)=C1C(=O)[C@@]3(O)C(O)=C(C(N)=O)C(=O)[C@H](N(C)C)[C@H]3[C@H](O)[C@H]1[C@@H]2C. The highest BCUT2D eigenvalue weighted by Crippen LogP contribution is 2.57. The van der Waals surface area contributed by atoms with E-state index in [1.54, 1.807) is 6.92 Å². The lowest BCUT2D eigenvalue weighted by Gasteiger charge is -2.53. The zero-order chi connectivity index (χ0) is 30.2. The largest absolute Gasteiger partial charge is 0.508 e. The van der Waals surface area contributed by atoms with Crippen LogP contribution < -0.4 is 11.1 Å². The molecule has 3 aliphatic rings. The van der Waals surface area contributed by atoms with Gasteiger partial charge in [0.2, 0.25) is 11.7 Å². The summed E-state index contributed by atoms with van der Waals surface area (Å²) in [5.41, 5.74) is 0.526. The van der Waals surface area contributed by atoms with E-state index in [0.29, 0.717) is 0 Å². The van der Waals surface area contributed by atoms with E-state index < -0.39 is 87.3 Å². The van der Waals surface area contributed by atoms with Gasteiger partial charge in [0.1, 0.15) is 22.8 Å². The highest BCUT2D eigenvalue weighted by Gasteiger charge is 2.68. The highest BCUT2D eigenvalue weighted by molar-refractivity contribution is 6.34. The molecule has 12 nitrogen and oxygen atoms in total. The number of aliphatic hydroxyl groups is 4. The number of nitrogens with zero attached hydrogens (tertiary/aromatic N) is 1. The number of nitrogens with two attached hydrogens (primary N) is 1. The number of primary amides is 1. The van der Waals surface area contributed by atoms with Crippen molar-refractivity contribution < 1.29 is 44.7 Å². The number of rotatable bonds is 5. The van der Waals surface area contributed by atoms with Gasteiger partial charge < -0.3 is 36.6 Å². The Kier molecular flexibility index (Phi) is 7.29. The summed E-state index contributed by atoms with van der Waals surface area (Å²) in [6.45, 7) is 5.22. The number of carbonyl (C=O) groups is 4. The maximum Gasteiger partial charge on any atom is 0.255 e. The average molecular weight is 578 g/mol. The predicted octanol–water partition coefficient (Wildman–Crippen LogP) is 1.13. The van der Waals surface area contributed by atoms with Crippen LogP contribution in [0.15, 0.2) is 23.0 Å². The number of nitrogens with one attached hydrogen (secondary N) is 1. The molecule has 8 N–H and O–H groups in total. The third-order valence-corrected chi connectivity index (χ3v) is 8.36. The third-order valence-electron chi connectivity index (χ3n) is 8.06. The second-order valence-corrected chi connectivity index (χ2v) is 11.6. The number of likely N-dealkylation sites (N-methyl/N-ethyl adjacent to an activating group) is 1. The maximum absolute atomic E-state index is 14.0. The van der Waals surface area contributed by atoms with E-state index in [1.807, 2.05) is 13.8 Å². The fourth-order valence-corrected chi connectivity index (χ4v) is 6.58. The van der Waals surface area contributed by atoms with Crippen LogP contribution in [-0.4, -0.2) is 85.7 Å². The molecule has 1 fully saturated rings. The highest BCUT2D eigenvalue weighted by atomic mass is 35.5. The minimum absolute atomic E-state index is 0.00993. The summed E-state index contributed by atoms with van der Waals surface area (Å²) in [6.07, 6.45) is -1.61. The van der Waals surface area contributed by atoms with Crippen LogP contribution in [0.1, 0.15) is 44.2 Å². The molecular formula is C27H32ClN3O9. The van der Waals surface area contributed by atoms with E-state index in [2.05, 4.69) is 5.32 Å². The first-order chi connectivity index (χ1) is 18.5. The summed E-state index contributed by atoms with van der Waals surface area (Å²) in [5.74, 6) is -10.6. The molecule has 216 valence electrons. The second kappa shape index (κ2) is 9.88. The number of aliphatic hydroxyl groups excluding tert-OH is 3. The summed E-state index contributed by atoms with van der Waals surface area (Å²) < 4.78 is 0. The Hall–Kier alpha value is -3.45. The number of anilines is 1. The molecule has 13 heteroatoms. The molecule has 1 saturated carbocycles. The summed E-state index contributed by atoms with van der Waals surface area (Å²) >= 11 is 6.41. The molecule has 2 amide bonds. The third kappa shape index (κ3) is 4.00. The molecule has 6 atom stereocenters. The van der Waals surface area contributed by atoms with Crippen LogP contribution in [0.25, 0.3) is 5.76 Å². The smallest absolute Gasteiger partial charge is 0.255 e. The van der Waals surface area contributed by atoms with Gasteiger partial charge in [-0.05, 0) is 37.6 Å². The molecule has 0 saturated heterocycles. The Labute approximate surface area is 234 Å². The lowest BCUT2D eigenvalue weighted by molar-refractivity contribution is -0.169. The van der Waals surface area contributed by atoms with Crippen molar-refractivity contribution in [3.63, 3.8) is 0 Å². The number of halogens is 1. The number of benzene rings is 1. The number of phenols is 1. The molecule has 0 heterocycles. The number of hydrogen-bond acceptors (Lipinski definition) is 10. The molecule has 40 heavy (non-hydrogen) atoms. The van der Waals surface area contributed by atoms with Crippen molar-refractivity contribution in [3.05, 3.63) is 39.1 Å². The molecular weight excluding hydrogens is 546 g/mol. The molecule has 1 aromatic rings. The number of aromatic hydroxyl groups is 1. The zero-order valence-corrected chi connectivity index (χ0v) is 23.3. The Balaban J connectivity index is 1.98. The van der Waals surface area contributed by atoms with Crippen LogP contribution in [-0.2, 0) is 19.2 Å². The fourth-order valence-electron chi connectivity index (χ4n) is 6.33. The lowest BCUT2D eigenvalue weighted by atomic mass is 9.54. The van der Waals surface area contributed by atoms with Gasteiger partial charge in [0.15, 0.2) is 17.1 Å². The number of amides is 2. The van der Waals surface area contributed by atoms with Crippen LogP contribution in [0.3, 0.4) is 0 Å². The van der Waals surface area contributed by atoms with E-state index in [-0.39, 0.29) is 34.2 Å². The van der Waals surface area contributed by atoms with Gasteiger partial charge in [-0.15, -0.1) is 0 Å². The lowest BCUT2D eigenvalue weighted by Crippen LogP contribution is -2.70. The number of Topliss-reactive ketones (excluding diaryl/α,β-unsaturated/α-hetero) is 2. The first kappa shape index (κ1) is 29.5. The minimum Gasteiger partial charge on any atom is -0.508 e. The van der Waals surface area contributed by atoms with Crippen molar-refractivity contribution in [2.24, 2.45) is 23.5 Å². The molecule has 0 bridgehead atoms. The topological polar surface area (TPSA) is 211 Å². The van der Waals surface area contributed by atoms with Crippen LogP contribution in [0.2, 0.25) is 5.02 Å². The second-order valence-electron chi connectivity index (χ2n) is 11.2. The van der Waals surface area contributed by atoms with Gasteiger partial charge >= 0.3 is 0 Å². The maximum atomic E-state index is 14.0. The first-order valence-electron chi connectivity index (χ1n) is 12.7. The summed E-state index contributed by atoms with van der Waals surface area (Å²) in [4.78, 5) is 53.0. The van der Waals surface area contributed by atoms with E-state index in [0.717, 1.165) is 0 Å². The predicted molar refractivity (Wildman–Crippen MR) is 143 cm³/mol. The number of ketones is 2. The molecule has 0 radical (unpaired) electrons. The Morgan fingerprint density at radius 1 is 1.20 bits per heavy atom. The van der Waals surface area contributed by atoms with Gasteiger partial charge in [0.25, 0.3) is 5.91 Å². The number of carbonyl (C=O) groups excluding carboxylic acids is 4. The molecule has 1 aromatic carbocycles. The fraction of sp³-hybridized carbons (Fsp3) is 0.481. The van der Waals surface area contributed by atoms with Crippen molar-refractivity contribution in [1.29, 1.82) is 0 Å². The van der Waals surface area contributed by atoms with Gasteiger partial charge in [0.05, 0.1) is 28.6 Å². The van der Waals surface area contributed by atoms with Gasteiger partial charge in [-0.2, -0.15) is 0 Å². The van der Waals surface area contributed by atoms with Crippen LogP contribution >= 0.6 is 11.6 Å². The van der Waals surface area contributed by atoms with Crippen LogP contribution in [0.5, 0.6) is 5.75 Å². The van der Waals surface area contributed by atoms with E-state index in [9.17, 15) is 44.7 Å². The minimum atomic E-state index is -3.01. The summed E-state index contributed by atoms with van der Waals surface area (Å²) in [6, 6.07) is -0.0647. The van der Waals surface area contributed by atoms with E-state index >= 15 is 0 Å². The van der Waals surface area contributed by atoms with Crippen molar-refractivity contribution in [2.75, 3.05) is 19.4 Å². The Morgan fingerprint density at radius 3 is 2.33 bits per heavy atom. The quantitative estimate of drug-likeness (QED) is 0.196. The Morgan fingerprint density at radius 2 is 1.80 bits per heavy atom. The summed E-state index contributed by atoms with van der Waals surface area (Å²) in [7, 11) is 2.85. The summed E-state index contributed by atoms with van der Waals surface area (Å²) in [5, 5.41) is 59.3. The number of hydrogen-bond donors (Lipinski definition) is 7. The van der Waals surface area contributed by atoms with Crippen LogP contribution in [0.4, 0.5) is 5.69 Å². The number of phenolic OH excluding ortho intramolecular Hbond substituents is 1. The van der Waals surface area contributed by atoms with Gasteiger partial charge in [-0.1, -0.05) is 32.4 Å². The molecule has 0 aromatic heterocycles. The average Bonchev–Trinajstić information content (AvgIpc) is 2.83. The van der Waals surface area contributed by atoms with Crippen LogP contribution in [0, 0.1) is 17.8 Å². The molecule has 0 spiro atoms. The van der Waals surface area contributed by atoms with E-state index in [4.69, 9.17) is 17.3 Å². The van der Waals surface area contributed by atoms with Gasteiger partial charge in [-0.3, -0.25) is 24.1 Å². The van der Waals surface area contributed by atoms with Crippen molar-refractivity contribution >= 4 is 46.4 Å². The van der Waals surface area contributed by atoms with E-state index in [1.165, 1.54) is 25.1 Å². The van der Waals surface area contributed by atoms with Gasteiger partial charge in [0, 0.05) is 17.9 Å². The molecule has 0 unspecified atom stereocenters. The monoisotopic (exact) mass is 577 g/mol.